The van der Waals surface area contributed by atoms with E-state index < -0.39 is 0 Å². The number of methoxy groups -OCH3 is 2. The van der Waals surface area contributed by atoms with Crippen molar-refractivity contribution in [3.05, 3.63) is 59.9 Å². The van der Waals surface area contributed by atoms with Gasteiger partial charge >= 0.3 is 0 Å². The van der Waals surface area contributed by atoms with E-state index in [9.17, 15) is 0 Å². The minimum absolute atomic E-state index is 0.0181. The first-order valence-corrected chi connectivity index (χ1v) is 11.8. The van der Waals surface area contributed by atoms with E-state index in [1.54, 1.807) is 14.2 Å². The SMILES string of the molecule is COc1ccc(C(c2nnnn2C2CCCC2)N2CCN(c3ccc(OC)cc3)CC2)cc1. The summed E-state index contributed by atoms with van der Waals surface area (Å²) in [6.45, 7) is 3.76. The second-order valence-corrected chi connectivity index (χ2v) is 8.82. The summed E-state index contributed by atoms with van der Waals surface area (Å²) in [5.41, 5.74) is 2.43. The van der Waals surface area contributed by atoms with Crippen LogP contribution in [0.3, 0.4) is 0 Å². The zero-order valence-electron chi connectivity index (χ0n) is 19.4. The maximum Gasteiger partial charge on any atom is 0.173 e. The highest BCUT2D eigenvalue weighted by Crippen LogP contribution is 2.35. The summed E-state index contributed by atoms with van der Waals surface area (Å²) in [6, 6.07) is 17.1. The Morgan fingerprint density at radius 2 is 1.42 bits per heavy atom. The molecule has 8 heteroatoms. The molecule has 1 aliphatic heterocycles. The van der Waals surface area contributed by atoms with Crippen LogP contribution in [0.5, 0.6) is 11.5 Å². The molecule has 0 bridgehead atoms. The Morgan fingerprint density at radius 3 is 2.03 bits per heavy atom. The Morgan fingerprint density at radius 1 is 0.818 bits per heavy atom. The number of nitrogens with zero attached hydrogens (tertiary/aromatic N) is 6. The molecule has 2 fully saturated rings. The van der Waals surface area contributed by atoms with Crippen molar-refractivity contribution in [2.45, 2.75) is 37.8 Å². The molecule has 1 atom stereocenters. The van der Waals surface area contributed by atoms with Gasteiger partial charge in [0.25, 0.3) is 0 Å². The lowest BCUT2D eigenvalue weighted by Gasteiger charge is -2.40. The van der Waals surface area contributed by atoms with Gasteiger partial charge in [-0.2, -0.15) is 0 Å². The van der Waals surface area contributed by atoms with Crippen LogP contribution in [0.25, 0.3) is 0 Å². The van der Waals surface area contributed by atoms with E-state index in [4.69, 9.17) is 9.47 Å². The molecule has 2 heterocycles. The van der Waals surface area contributed by atoms with Crippen LogP contribution >= 0.6 is 0 Å². The average Bonchev–Trinajstić information content (AvgIpc) is 3.58. The van der Waals surface area contributed by atoms with Crippen LogP contribution in [0.4, 0.5) is 5.69 Å². The Balaban J connectivity index is 1.40. The summed E-state index contributed by atoms with van der Waals surface area (Å²) in [6.07, 6.45) is 4.80. The van der Waals surface area contributed by atoms with Crippen molar-refractivity contribution in [3.63, 3.8) is 0 Å². The highest BCUT2D eigenvalue weighted by atomic mass is 16.5. The van der Waals surface area contributed by atoms with Crippen LogP contribution in [0.15, 0.2) is 48.5 Å². The molecule has 33 heavy (non-hydrogen) atoms. The minimum Gasteiger partial charge on any atom is -0.497 e. The number of aromatic nitrogens is 4. The van der Waals surface area contributed by atoms with Gasteiger partial charge in [0.05, 0.1) is 26.3 Å². The maximum atomic E-state index is 5.39. The quantitative estimate of drug-likeness (QED) is 0.546. The number of ether oxygens (including phenoxy) is 2. The highest BCUT2D eigenvalue weighted by molar-refractivity contribution is 5.49. The molecule has 3 aromatic rings. The molecule has 1 unspecified atom stereocenters. The molecule has 0 amide bonds. The molecule has 2 aliphatic rings. The predicted molar refractivity (Wildman–Crippen MR) is 127 cm³/mol. The fourth-order valence-electron chi connectivity index (χ4n) is 5.13. The summed E-state index contributed by atoms with van der Waals surface area (Å²) >= 11 is 0. The Kier molecular flexibility index (Phi) is 6.44. The normalized spacial score (nSPS) is 18.4. The summed E-state index contributed by atoms with van der Waals surface area (Å²) in [5, 5.41) is 13.1. The van der Waals surface area contributed by atoms with Gasteiger partial charge in [0.1, 0.15) is 11.5 Å². The highest BCUT2D eigenvalue weighted by Gasteiger charge is 2.33. The van der Waals surface area contributed by atoms with Gasteiger partial charge in [-0.05, 0) is 65.2 Å². The van der Waals surface area contributed by atoms with Gasteiger partial charge in [-0.1, -0.05) is 25.0 Å². The zero-order chi connectivity index (χ0) is 22.6. The molecule has 1 saturated heterocycles. The van der Waals surface area contributed by atoms with Crippen LogP contribution in [-0.4, -0.2) is 65.5 Å². The van der Waals surface area contributed by atoms with Gasteiger partial charge in [-0.25, -0.2) is 4.68 Å². The fourth-order valence-corrected chi connectivity index (χ4v) is 5.13. The van der Waals surface area contributed by atoms with Crippen molar-refractivity contribution >= 4 is 5.69 Å². The molecule has 1 aliphatic carbocycles. The molecule has 8 nitrogen and oxygen atoms in total. The topological polar surface area (TPSA) is 68.5 Å². The Bertz CT molecular complexity index is 1020. The van der Waals surface area contributed by atoms with Gasteiger partial charge in [0, 0.05) is 31.9 Å². The molecule has 0 spiro atoms. The van der Waals surface area contributed by atoms with Gasteiger partial charge in [0.2, 0.25) is 0 Å². The van der Waals surface area contributed by atoms with E-state index in [1.807, 2.05) is 24.3 Å². The van der Waals surface area contributed by atoms with Crippen molar-refractivity contribution < 1.29 is 9.47 Å². The van der Waals surface area contributed by atoms with Crippen molar-refractivity contribution in [2.75, 3.05) is 45.3 Å². The van der Waals surface area contributed by atoms with Crippen LogP contribution in [0.1, 0.15) is 49.2 Å². The smallest absolute Gasteiger partial charge is 0.173 e. The molecule has 0 radical (unpaired) electrons. The maximum absolute atomic E-state index is 5.39. The van der Waals surface area contributed by atoms with Gasteiger partial charge in [0.15, 0.2) is 5.82 Å². The zero-order valence-corrected chi connectivity index (χ0v) is 19.4. The third-order valence-electron chi connectivity index (χ3n) is 6.98. The van der Waals surface area contributed by atoms with Crippen molar-refractivity contribution in [3.8, 4) is 11.5 Å². The second-order valence-electron chi connectivity index (χ2n) is 8.82. The van der Waals surface area contributed by atoms with E-state index >= 15 is 0 Å². The van der Waals surface area contributed by atoms with E-state index in [0.717, 1.165) is 56.3 Å². The van der Waals surface area contributed by atoms with Crippen molar-refractivity contribution in [2.24, 2.45) is 0 Å². The lowest BCUT2D eigenvalue weighted by Crippen LogP contribution is -2.48. The number of tetrazole rings is 1. The molecule has 0 N–H and O–H groups in total. The molecule has 5 rings (SSSR count). The van der Waals surface area contributed by atoms with Gasteiger partial charge < -0.3 is 14.4 Å². The summed E-state index contributed by atoms with van der Waals surface area (Å²) in [5.74, 6) is 2.69. The molecular weight excluding hydrogens is 416 g/mol. The van der Waals surface area contributed by atoms with Crippen LogP contribution < -0.4 is 14.4 Å². The molecule has 1 aromatic heterocycles. The first kappa shape index (κ1) is 21.7. The first-order valence-electron chi connectivity index (χ1n) is 11.8. The number of piperazine rings is 1. The van der Waals surface area contributed by atoms with Gasteiger partial charge in [-0.3, -0.25) is 4.90 Å². The number of benzene rings is 2. The fraction of sp³-hybridized carbons (Fsp3) is 0.480. The van der Waals surface area contributed by atoms with Crippen LogP contribution in [-0.2, 0) is 0 Å². The lowest BCUT2D eigenvalue weighted by molar-refractivity contribution is 0.197. The van der Waals surface area contributed by atoms with Crippen molar-refractivity contribution in [1.29, 1.82) is 0 Å². The third kappa shape index (κ3) is 4.53. The second kappa shape index (κ2) is 9.79. The predicted octanol–water partition coefficient (Wildman–Crippen LogP) is 3.72. The van der Waals surface area contributed by atoms with E-state index in [2.05, 4.69) is 54.3 Å². The molecule has 2 aromatic carbocycles. The number of hydrogen-bond acceptors (Lipinski definition) is 7. The monoisotopic (exact) mass is 448 g/mol. The van der Waals surface area contributed by atoms with Gasteiger partial charge in [-0.15, -0.1) is 5.10 Å². The summed E-state index contributed by atoms with van der Waals surface area (Å²) in [7, 11) is 3.40. The molecule has 174 valence electrons. The minimum atomic E-state index is 0.0181. The Labute approximate surface area is 195 Å². The van der Waals surface area contributed by atoms with E-state index in [0.29, 0.717) is 6.04 Å². The molecule has 1 saturated carbocycles. The lowest BCUT2D eigenvalue weighted by atomic mass is 10.0. The van der Waals surface area contributed by atoms with E-state index in [1.165, 1.54) is 24.1 Å². The molecular formula is C25H32N6O2. The number of hydrogen-bond donors (Lipinski definition) is 0. The third-order valence-corrected chi connectivity index (χ3v) is 6.98. The first-order chi connectivity index (χ1) is 16.3. The Hall–Kier alpha value is -3.13. The number of anilines is 1. The summed E-state index contributed by atoms with van der Waals surface area (Å²) < 4.78 is 12.8. The largest absolute Gasteiger partial charge is 0.497 e. The van der Waals surface area contributed by atoms with Crippen molar-refractivity contribution in [1.82, 2.24) is 25.1 Å². The number of rotatable bonds is 7. The van der Waals surface area contributed by atoms with Crippen LogP contribution in [0.2, 0.25) is 0 Å². The van der Waals surface area contributed by atoms with E-state index in [-0.39, 0.29) is 6.04 Å². The summed E-state index contributed by atoms with van der Waals surface area (Å²) in [4.78, 5) is 4.94. The average molecular weight is 449 g/mol. The van der Waals surface area contributed by atoms with Crippen LogP contribution in [0, 0.1) is 0 Å². The standard InChI is InChI=1S/C25H32N6O2/c1-32-22-11-7-19(8-12-22)24(25-26-27-28-31(25)21-5-3-4-6-21)30-17-15-29(16-18-30)20-9-13-23(33-2)14-10-20/h7-14,21,24H,3-6,15-18H2,1-2H3.